The average Bonchev–Trinajstić information content (AvgIpc) is 2.15. The fourth-order valence-electron chi connectivity index (χ4n) is 1.02. The standard InChI is InChI=1S/C12H12/c1-3-5-8-12-10-7-6-9-11(12)4-2/h3-10H,1-2H2/b8-5-. The van der Waals surface area contributed by atoms with E-state index >= 15 is 0 Å². The fourth-order valence-corrected chi connectivity index (χ4v) is 1.02. The molecule has 0 spiro atoms. The van der Waals surface area contributed by atoms with Gasteiger partial charge in [0.25, 0.3) is 0 Å². The Bertz CT molecular complexity index is 306. The van der Waals surface area contributed by atoms with Crippen LogP contribution in [-0.4, -0.2) is 0 Å². The molecule has 1 rings (SSSR count). The van der Waals surface area contributed by atoms with Crippen molar-refractivity contribution >= 4 is 12.2 Å². The zero-order valence-electron chi connectivity index (χ0n) is 7.03. The minimum absolute atomic E-state index is 1.15. The Morgan fingerprint density at radius 2 is 1.67 bits per heavy atom. The van der Waals surface area contributed by atoms with E-state index in [4.69, 9.17) is 0 Å². The topological polar surface area (TPSA) is 0 Å². The summed E-state index contributed by atoms with van der Waals surface area (Å²) in [5.41, 5.74) is 2.32. The third-order valence-electron chi connectivity index (χ3n) is 1.63. The minimum Gasteiger partial charge on any atom is -0.0991 e. The monoisotopic (exact) mass is 156 g/mol. The van der Waals surface area contributed by atoms with E-state index in [1.807, 2.05) is 36.4 Å². The summed E-state index contributed by atoms with van der Waals surface area (Å²) in [6.45, 7) is 7.36. The van der Waals surface area contributed by atoms with Crippen molar-refractivity contribution in [2.75, 3.05) is 0 Å². The largest absolute Gasteiger partial charge is 0.0991 e. The molecule has 0 radical (unpaired) electrons. The van der Waals surface area contributed by atoms with Crippen LogP contribution in [0.1, 0.15) is 11.1 Å². The summed E-state index contributed by atoms with van der Waals surface area (Å²) in [7, 11) is 0. The normalized spacial score (nSPS) is 10.0. The highest BCUT2D eigenvalue weighted by Crippen LogP contribution is 2.11. The van der Waals surface area contributed by atoms with E-state index in [0.29, 0.717) is 0 Å². The molecule has 0 bridgehead atoms. The molecular formula is C12H12. The number of benzene rings is 1. The number of hydrogen-bond donors (Lipinski definition) is 0. The lowest BCUT2D eigenvalue weighted by molar-refractivity contribution is 1.61. The van der Waals surface area contributed by atoms with Gasteiger partial charge in [-0.25, -0.2) is 0 Å². The molecule has 0 heterocycles. The van der Waals surface area contributed by atoms with Gasteiger partial charge in [-0.1, -0.05) is 61.7 Å². The van der Waals surface area contributed by atoms with Gasteiger partial charge in [0.15, 0.2) is 0 Å². The molecule has 0 aromatic heterocycles. The van der Waals surface area contributed by atoms with E-state index in [1.54, 1.807) is 6.08 Å². The molecule has 1 aromatic rings. The van der Waals surface area contributed by atoms with Crippen molar-refractivity contribution < 1.29 is 0 Å². The van der Waals surface area contributed by atoms with Crippen LogP contribution in [0, 0.1) is 0 Å². The molecule has 0 saturated carbocycles. The summed E-state index contributed by atoms with van der Waals surface area (Å²) in [5, 5.41) is 0. The Balaban J connectivity index is 3.04. The van der Waals surface area contributed by atoms with E-state index in [0.717, 1.165) is 5.56 Å². The highest BCUT2D eigenvalue weighted by atomic mass is 14.0. The van der Waals surface area contributed by atoms with Crippen LogP contribution in [0.3, 0.4) is 0 Å². The van der Waals surface area contributed by atoms with Gasteiger partial charge in [0, 0.05) is 0 Å². The Morgan fingerprint density at radius 3 is 2.25 bits per heavy atom. The lowest BCUT2D eigenvalue weighted by Gasteiger charge is -1.97. The van der Waals surface area contributed by atoms with Gasteiger partial charge in [-0.05, 0) is 11.1 Å². The van der Waals surface area contributed by atoms with Crippen LogP contribution in [-0.2, 0) is 0 Å². The van der Waals surface area contributed by atoms with Crippen LogP contribution in [0.4, 0.5) is 0 Å². The summed E-state index contributed by atoms with van der Waals surface area (Å²) in [5.74, 6) is 0. The van der Waals surface area contributed by atoms with Crippen molar-refractivity contribution in [2.45, 2.75) is 0 Å². The van der Waals surface area contributed by atoms with Gasteiger partial charge in [-0.2, -0.15) is 0 Å². The molecular weight excluding hydrogens is 144 g/mol. The Hall–Kier alpha value is -1.56. The van der Waals surface area contributed by atoms with Crippen molar-refractivity contribution in [3.63, 3.8) is 0 Å². The Labute approximate surface area is 73.6 Å². The number of rotatable bonds is 3. The van der Waals surface area contributed by atoms with Gasteiger partial charge >= 0.3 is 0 Å². The maximum Gasteiger partial charge on any atom is -0.0184 e. The second kappa shape index (κ2) is 4.35. The molecule has 0 unspecified atom stereocenters. The lowest BCUT2D eigenvalue weighted by atomic mass is 10.1. The summed E-state index contributed by atoms with van der Waals surface area (Å²) in [6, 6.07) is 8.10. The van der Waals surface area contributed by atoms with Crippen molar-refractivity contribution in [3.8, 4) is 0 Å². The van der Waals surface area contributed by atoms with Gasteiger partial charge in [0.1, 0.15) is 0 Å². The Kier molecular flexibility index (Phi) is 3.09. The van der Waals surface area contributed by atoms with Crippen LogP contribution in [0.15, 0.2) is 49.6 Å². The predicted octanol–water partition coefficient (Wildman–Crippen LogP) is 3.53. The third kappa shape index (κ3) is 1.96. The van der Waals surface area contributed by atoms with Crippen LogP contribution in [0.25, 0.3) is 12.2 Å². The second-order valence-electron chi connectivity index (χ2n) is 2.43. The fraction of sp³-hybridized carbons (Fsp3) is 0. The molecule has 1 aromatic carbocycles. The van der Waals surface area contributed by atoms with Crippen LogP contribution >= 0.6 is 0 Å². The molecule has 0 fully saturated rings. The second-order valence-corrected chi connectivity index (χ2v) is 2.43. The van der Waals surface area contributed by atoms with Crippen LogP contribution < -0.4 is 0 Å². The molecule has 0 N–H and O–H groups in total. The third-order valence-corrected chi connectivity index (χ3v) is 1.63. The summed E-state index contributed by atoms with van der Waals surface area (Å²) < 4.78 is 0. The van der Waals surface area contributed by atoms with Gasteiger partial charge in [0.05, 0.1) is 0 Å². The first kappa shape index (κ1) is 8.54. The average molecular weight is 156 g/mol. The van der Waals surface area contributed by atoms with Crippen molar-refractivity contribution in [1.29, 1.82) is 0 Å². The number of allylic oxidation sites excluding steroid dienone is 2. The maximum atomic E-state index is 3.74. The summed E-state index contributed by atoms with van der Waals surface area (Å²) in [6.07, 6.45) is 7.55. The van der Waals surface area contributed by atoms with Gasteiger partial charge in [-0.15, -0.1) is 0 Å². The quantitative estimate of drug-likeness (QED) is 0.587. The zero-order chi connectivity index (χ0) is 8.81. The molecule has 0 atom stereocenters. The molecule has 0 nitrogen and oxygen atoms in total. The van der Waals surface area contributed by atoms with Crippen LogP contribution in [0.5, 0.6) is 0 Å². The number of hydrogen-bond acceptors (Lipinski definition) is 0. The van der Waals surface area contributed by atoms with E-state index in [1.165, 1.54) is 5.56 Å². The molecule has 0 aliphatic heterocycles. The highest BCUT2D eigenvalue weighted by molar-refractivity contribution is 5.64. The Morgan fingerprint density at radius 1 is 1.00 bits per heavy atom. The molecule has 12 heavy (non-hydrogen) atoms. The summed E-state index contributed by atoms with van der Waals surface area (Å²) >= 11 is 0. The zero-order valence-corrected chi connectivity index (χ0v) is 7.03. The van der Waals surface area contributed by atoms with Gasteiger partial charge in [0.2, 0.25) is 0 Å². The molecule has 60 valence electrons. The minimum atomic E-state index is 1.15. The van der Waals surface area contributed by atoms with Crippen molar-refractivity contribution in [1.82, 2.24) is 0 Å². The summed E-state index contributed by atoms with van der Waals surface area (Å²) in [4.78, 5) is 0. The van der Waals surface area contributed by atoms with E-state index < -0.39 is 0 Å². The predicted molar refractivity (Wildman–Crippen MR) is 55.8 cm³/mol. The molecule has 0 saturated heterocycles. The molecule has 0 heteroatoms. The first-order valence-electron chi connectivity index (χ1n) is 3.89. The van der Waals surface area contributed by atoms with Crippen molar-refractivity contribution in [2.24, 2.45) is 0 Å². The van der Waals surface area contributed by atoms with E-state index in [2.05, 4.69) is 19.2 Å². The molecule has 0 amide bonds. The van der Waals surface area contributed by atoms with E-state index in [-0.39, 0.29) is 0 Å². The smallest absolute Gasteiger partial charge is 0.0184 e. The van der Waals surface area contributed by atoms with Crippen LogP contribution in [0.2, 0.25) is 0 Å². The lowest BCUT2D eigenvalue weighted by Crippen LogP contribution is -1.77. The maximum absolute atomic E-state index is 3.74. The first-order chi connectivity index (χ1) is 5.88. The first-order valence-corrected chi connectivity index (χ1v) is 3.89. The molecule has 0 aliphatic rings. The highest BCUT2D eigenvalue weighted by Gasteiger charge is 1.90. The van der Waals surface area contributed by atoms with E-state index in [9.17, 15) is 0 Å². The van der Waals surface area contributed by atoms with Gasteiger partial charge in [-0.3, -0.25) is 0 Å². The SMILES string of the molecule is C=C/C=C\c1ccccc1C=C. The molecule has 0 aliphatic carbocycles. The van der Waals surface area contributed by atoms with Gasteiger partial charge < -0.3 is 0 Å². The van der Waals surface area contributed by atoms with Crippen molar-refractivity contribution in [3.05, 3.63) is 60.7 Å².